The van der Waals surface area contributed by atoms with Gasteiger partial charge in [0.25, 0.3) is 5.91 Å². The molecule has 1 aromatic carbocycles. The number of aromatic nitrogens is 1. The maximum Gasteiger partial charge on any atom is 0.251 e. The highest BCUT2D eigenvalue weighted by Gasteiger charge is 2.08. The van der Waals surface area contributed by atoms with Crippen molar-refractivity contribution in [3.8, 4) is 11.5 Å². The van der Waals surface area contributed by atoms with Crippen LogP contribution < -0.4 is 5.32 Å². The summed E-state index contributed by atoms with van der Waals surface area (Å²) >= 11 is 0. The maximum atomic E-state index is 11.8. The Morgan fingerprint density at radius 1 is 1.21 bits per heavy atom. The first kappa shape index (κ1) is 12.9. The van der Waals surface area contributed by atoms with Crippen LogP contribution in [0.3, 0.4) is 0 Å². The number of carbonyl (C=O) groups excluding carboxylic acids is 1. The summed E-state index contributed by atoms with van der Waals surface area (Å²) in [5.41, 5.74) is 1.35. The zero-order chi connectivity index (χ0) is 13.7. The van der Waals surface area contributed by atoms with Crippen molar-refractivity contribution in [1.82, 2.24) is 10.3 Å². The van der Waals surface area contributed by atoms with Crippen molar-refractivity contribution in [3.05, 3.63) is 53.9 Å². The molecule has 1 heterocycles. The summed E-state index contributed by atoms with van der Waals surface area (Å²) in [5.74, 6) is -0.842. The van der Waals surface area contributed by atoms with Gasteiger partial charge < -0.3 is 15.5 Å². The van der Waals surface area contributed by atoms with Crippen LogP contribution in [-0.4, -0.2) is 27.6 Å². The number of nitrogens with zero attached hydrogens (tertiary/aromatic N) is 1. The van der Waals surface area contributed by atoms with Crippen molar-refractivity contribution in [1.29, 1.82) is 0 Å². The Hall–Kier alpha value is -2.56. The molecular weight excluding hydrogens is 244 g/mol. The number of pyridine rings is 1. The van der Waals surface area contributed by atoms with Crippen LogP contribution in [0, 0.1) is 0 Å². The van der Waals surface area contributed by atoms with E-state index in [1.807, 2.05) is 12.1 Å². The number of amides is 1. The van der Waals surface area contributed by atoms with Crippen molar-refractivity contribution in [2.24, 2.45) is 0 Å². The summed E-state index contributed by atoms with van der Waals surface area (Å²) in [6.45, 7) is 0.478. The van der Waals surface area contributed by atoms with Gasteiger partial charge in [-0.25, -0.2) is 0 Å². The van der Waals surface area contributed by atoms with Gasteiger partial charge in [-0.05, 0) is 36.2 Å². The predicted molar refractivity (Wildman–Crippen MR) is 70.0 cm³/mol. The third kappa shape index (κ3) is 3.45. The van der Waals surface area contributed by atoms with Crippen LogP contribution in [0.1, 0.15) is 15.9 Å². The second-order valence-electron chi connectivity index (χ2n) is 4.07. The number of aromatic hydroxyl groups is 2. The summed E-state index contributed by atoms with van der Waals surface area (Å²) in [6, 6.07) is 7.75. The molecule has 0 spiro atoms. The number of phenols is 2. The smallest absolute Gasteiger partial charge is 0.251 e. The minimum Gasteiger partial charge on any atom is -0.504 e. The number of nitrogens with one attached hydrogen (secondary N) is 1. The number of hydrogen-bond acceptors (Lipinski definition) is 4. The van der Waals surface area contributed by atoms with E-state index in [-0.39, 0.29) is 17.4 Å². The predicted octanol–water partition coefficient (Wildman–Crippen LogP) is 1.47. The lowest BCUT2D eigenvalue weighted by Crippen LogP contribution is -2.25. The van der Waals surface area contributed by atoms with E-state index in [1.165, 1.54) is 18.2 Å². The summed E-state index contributed by atoms with van der Waals surface area (Å²) in [6.07, 6.45) is 4.13. The fourth-order valence-electron chi connectivity index (χ4n) is 1.63. The molecule has 0 aliphatic rings. The van der Waals surface area contributed by atoms with E-state index in [9.17, 15) is 9.90 Å². The highest BCUT2D eigenvalue weighted by molar-refractivity contribution is 5.94. The Balaban J connectivity index is 1.89. The Kier molecular flexibility index (Phi) is 3.97. The Labute approximate surface area is 110 Å². The van der Waals surface area contributed by atoms with Crippen LogP contribution in [-0.2, 0) is 6.42 Å². The zero-order valence-electron chi connectivity index (χ0n) is 10.2. The van der Waals surface area contributed by atoms with Gasteiger partial charge in [-0.1, -0.05) is 6.07 Å². The van der Waals surface area contributed by atoms with E-state index < -0.39 is 0 Å². The summed E-state index contributed by atoms with van der Waals surface area (Å²) < 4.78 is 0. The van der Waals surface area contributed by atoms with Crippen LogP contribution in [0.15, 0.2) is 42.7 Å². The highest BCUT2D eigenvalue weighted by atomic mass is 16.3. The van der Waals surface area contributed by atoms with E-state index in [2.05, 4.69) is 10.3 Å². The van der Waals surface area contributed by atoms with E-state index >= 15 is 0 Å². The normalized spacial score (nSPS) is 10.1. The summed E-state index contributed by atoms with van der Waals surface area (Å²) in [5, 5.41) is 21.2. The first-order chi connectivity index (χ1) is 9.16. The molecule has 19 heavy (non-hydrogen) atoms. The van der Waals surface area contributed by atoms with Gasteiger partial charge in [-0.15, -0.1) is 0 Å². The van der Waals surface area contributed by atoms with Gasteiger partial charge >= 0.3 is 0 Å². The summed E-state index contributed by atoms with van der Waals surface area (Å²) in [7, 11) is 0. The van der Waals surface area contributed by atoms with Gasteiger partial charge in [0.15, 0.2) is 11.5 Å². The van der Waals surface area contributed by atoms with Crippen LogP contribution in [0.2, 0.25) is 0 Å². The molecule has 5 nitrogen and oxygen atoms in total. The lowest BCUT2D eigenvalue weighted by molar-refractivity contribution is 0.0953. The number of benzene rings is 1. The molecule has 0 saturated carbocycles. The SMILES string of the molecule is O=C(NCCc1cccnc1)c1ccc(O)c(O)c1. The maximum absolute atomic E-state index is 11.8. The molecule has 0 unspecified atom stereocenters. The van der Waals surface area contributed by atoms with Gasteiger partial charge in [0.1, 0.15) is 0 Å². The lowest BCUT2D eigenvalue weighted by atomic mass is 10.1. The third-order valence-corrected chi connectivity index (χ3v) is 2.66. The van der Waals surface area contributed by atoms with E-state index in [1.54, 1.807) is 12.4 Å². The Bertz CT molecular complexity index is 570. The second kappa shape index (κ2) is 5.86. The molecule has 0 fully saturated rings. The first-order valence-corrected chi connectivity index (χ1v) is 5.86. The molecule has 5 heteroatoms. The molecule has 0 bridgehead atoms. The molecule has 0 aliphatic heterocycles. The molecule has 1 amide bonds. The number of hydrogen-bond donors (Lipinski definition) is 3. The number of rotatable bonds is 4. The molecule has 0 radical (unpaired) electrons. The molecule has 1 aromatic heterocycles. The monoisotopic (exact) mass is 258 g/mol. The number of phenolic OH excluding ortho intramolecular Hbond substituents is 2. The molecule has 2 aromatic rings. The third-order valence-electron chi connectivity index (χ3n) is 2.66. The lowest BCUT2D eigenvalue weighted by Gasteiger charge is -2.06. The molecule has 0 atom stereocenters. The second-order valence-corrected chi connectivity index (χ2v) is 4.07. The molecule has 98 valence electrons. The molecule has 0 saturated heterocycles. The van der Waals surface area contributed by atoms with Gasteiger partial charge in [-0.3, -0.25) is 9.78 Å². The standard InChI is InChI=1S/C14H14N2O3/c17-12-4-3-11(8-13(12)18)14(19)16-7-5-10-2-1-6-15-9-10/h1-4,6,8-9,17-18H,5,7H2,(H,16,19). The van der Waals surface area contributed by atoms with Crippen molar-refractivity contribution in [2.45, 2.75) is 6.42 Å². The number of carbonyl (C=O) groups is 1. The minimum atomic E-state index is -0.306. The van der Waals surface area contributed by atoms with Crippen molar-refractivity contribution in [3.63, 3.8) is 0 Å². The Morgan fingerprint density at radius 3 is 2.74 bits per heavy atom. The van der Waals surface area contributed by atoms with Crippen LogP contribution in [0.4, 0.5) is 0 Å². The van der Waals surface area contributed by atoms with Crippen molar-refractivity contribution >= 4 is 5.91 Å². The van der Waals surface area contributed by atoms with E-state index in [4.69, 9.17) is 5.11 Å². The topological polar surface area (TPSA) is 82.5 Å². The highest BCUT2D eigenvalue weighted by Crippen LogP contribution is 2.24. The first-order valence-electron chi connectivity index (χ1n) is 5.86. The minimum absolute atomic E-state index is 0.244. The van der Waals surface area contributed by atoms with Gasteiger partial charge in [0.2, 0.25) is 0 Å². The largest absolute Gasteiger partial charge is 0.504 e. The van der Waals surface area contributed by atoms with Crippen LogP contribution in [0.5, 0.6) is 11.5 Å². The molecular formula is C14H14N2O3. The fourth-order valence-corrected chi connectivity index (χ4v) is 1.63. The van der Waals surface area contributed by atoms with Crippen molar-refractivity contribution in [2.75, 3.05) is 6.54 Å². The average molecular weight is 258 g/mol. The van der Waals surface area contributed by atoms with E-state index in [0.29, 0.717) is 18.5 Å². The van der Waals surface area contributed by atoms with Gasteiger partial charge in [0.05, 0.1) is 0 Å². The van der Waals surface area contributed by atoms with Crippen LogP contribution >= 0.6 is 0 Å². The van der Waals surface area contributed by atoms with Gasteiger partial charge in [0, 0.05) is 24.5 Å². The van der Waals surface area contributed by atoms with E-state index in [0.717, 1.165) is 5.56 Å². The molecule has 0 aliphatic carbocycles. The Morgan fingerprint density at radius 2 is 2.05 bits per heavy atom. The molecule has 2 rings (SSSR count). The van der Waals surface area contributed by atoms with Crippen molar-refractivity contribution < 1.29 is 15.0 Å². The average Bonchev–Trinajstić information content (AvgIpc) is 2.43. The summed E-state index contributed by atoms with van der Waals surface area (Å²) in [4.78, 5) is 15.8. The quantitative estimate of drug-likeness (QED) is 0.725. The molecule has 3 N–H and O–H groups in total. The zero-order valence-corrected chi connectivity index (χ0v) is 10.2. The fraction of sp³-hybridized carbons (Fsp3) is 0.143. The van der Waals surface area contributed by atoms with Crippen LogP contribution in [0.25, 0.3) is 0 Å². The van der Waals surface area contributed by atoms with Gasteiger partial charge in [-0.2, -0.15) is 0 Å².